The number of nitrogens with zero attached hydrogens (tertiary/aromatic N) is 3. The van der Waals surface area contributed by atoms with Crippen LogP contribution in [0.25, 0.3) is 16.3 Å². The summed E-state index contributed by atoms with van der Waals surface area (Å²) in [5, 5.41) is 9.83. The molecule has 2 aromatic carbocycles. The van der Waals surface area contributed by atoms with Gasteiger partial charge in [0.05, 0.1) is 29.3 Å². The van der Waals surface area contributed by atoms with E-state index in [-0.39, 0.29) is 11.9 Å². The number of hydrogen-bond acceptors (Lipinski definition) is 5. The van der Waals surface area contributed by atoms with Gasteiger partial charge in [0.1, 0.15) is 11.4 Å². The molecular weight excluding hydrogens is 420 g/mol. The van der Waals surface area contributed by atoms with Crippen LogP contribution >= 0.6 is 11.3 Å². The van der Waals surface area contributed by atoms with Crippen LogP contribution in [0.2, 0.25) is 0 Å². The Labute approximate surface area is 192 Å². The molecule has 0 bridgehead atoms. The highest BCUT2D eigenvalue weighted by molar-refractivity contribution is 7.13. The van der Waals surface area contributed by atoms with Crippen LogP contribution in [0, 0.1) is 0 Å². The van der Waals surface area contributed by atoms with E-state index in [4.69, 9.17) is 9.84 Å². The van der Waals surface area contributed by atoms with Gasteiger partial charge in [-0.05, 0) is 43.7 Å². The van der Waals surface area contributed by atoms with Gasteiger partial charge in [0, 0.05) is 18.3 Å². The Hall–Kier alpha value is -3.42. The number of hydrogen-bond donors (Lipinski definition) is 1. The minimum absolute atomic E-state index is 0.0375. The van der Waals surface area contributed by atoms with Crippen LogP contribution in [-0.4, -0.2) is 48.3 Å². The van der Waals surface area contributed by atoms with Gasteiger partial charge in [-0.25, -0.2) is 4.68 Å². The second-order valence-corrected chi connectivity index (χ2v) is 8.53. The van der Waals surface area contributed by atoms with E-state index in [2.05, 4.69) is 10.2 Å². The molecule has 0 spiro atoms. The van der Waals surface area contributed by atoms with Gasteiger partial charge in [0.25, 0.3) is 5.91 Å². The topological polar surface area (TPSA) is 59.4 Å². The van der Waals surface area contributed by atoms with Crippen LogP contribution in [0.5, 0.6) is 5.75 Å². The Morgan fingerprint density at radius 2 is 1.84 bits per heavy atom. The Morgan fingerprint density at radius 3 is 2.53 bits per heavy atom. The van der Waals surface area contributed by atoms with Gasteiger partial charge >= 0.3 is 0 Å². The molecule has 32 heavy (non-hydrogen) atoms. The average molecular weight is 447 g/mol. The van der Waals surface area contributed by atoms with E-state index in [0.29, 0.717) is 17.8 Å². The smallest absolute Gasteiger partial charge is 0.255 e. The van der Waals surface area contributed by atoms with E-state index in [1.807, 2.05) is 86.2 Å². The van der Waals surface area contributed by atoms with Gasteiger partial charge < -0.3 is 15.0 Å². The number of thiophene rings is 1. The number of aromatic nitrogens is 2. The van der Waals surface area contributed by atoms with E-state index in [1.165, 1.54) is 0 Å². The highest BCUT2D eigenvalue weighted by Crippen LogP contribution is 2.29. The fourth-order valence-electron chi connectivity index (χ4n) is 3.65. The van der Waals surface area contributed by atoms with E-state index in [1.54, 1.807) is 29.3 Å². The number of benzene rings is 2. The van der Waals surface area contributed by atoms with Crippen molar-refractivity contribution in [1.29, 1.82) is 0 Å². The Kier molecular flexibility index (Phi) is 6.68. The largest absolute Gasteiger partial charge is 0.496 e. The number of carbonyl (C=O) groups excluding carboxylic acids is 1. The van der Waals surface area contributed by atoms with E-state index < -0.39 is 0 Å². The number of methoxy groups -OCH3 is 1. The zero-order valence-electron chi connectivity index (χ0n) is 18.4. The maximum absolute atomic E-state index is 13.3. The molecule has 7 heteroatoms. The predicted octanol–water partition coefficient (Wildman–Crippen LogP) is 4.64. The molecule has 0 radical (unpaired) electrons. The Bertz CT molecular complexity index is 1170. The van der Waals surface area contributed by atoms with Gasteiger partial charge in [-0.15, -0.1) is 11.3 Å². The van der Waals surface area contributed by atoms with E-state index in [0.717, 1.165) is 21.9 Å². The van der Waals surface area contributed by atoms with E-state index >= 15 is 0 Å². The monoisotopic (exact) mass is 446 g/mol. The summed E-state index contributed by atoms with van der Waals surface area (Å²) in [7, 11) is 5.65. The van der Waals surface area contributed by atoms with Crippen LogP contribution < -0.4 is 10.1 Å². The first-order valence-corrected chi connectivity index (χ1v) is 11.2. The molecule has 0 aliphatic heterocycles. The summed E-state index contributed by atoms with van der Waals surface area (Å²) in [5.74, 6) is 0.647. The normalized spacial score (nSPS) is 12.0. The molecule has 0 aliphatic carbocycles. The van der Waals surface area contributed by atoms with Gasteiger partial charge in [-0.1, -0.05) is 42.5 Å². The third kappa shape index (κ3) is 4.59. The van der Waals surface area contributed by atoms with Crippen molar-refractivity contribution in [3.05, 3.63) is 89.4 Å². The van der Waals surface area contributed by atoms with Crippen molar-refractivity contribution in [1.82, 2.24) is 20.0 Å². The third-order valence-corrected chi connectivity index (χ3v) is 6.19. The van der Waals surface area contributed by atoms with Crippen LogP contribution in [0.1, 0.15) is 22.0 Å². The van der Waals surface area contributed by atoms with Gasteiger partial charge in [-0.3, -0.25) is 4.79 Å². The maximum Gasteiger partial charge on any atom is 0.255 e. The third-order valence-electron chi connectivity index (χ3n) is 5.31. The molecule has 4 aromatic rings. The molecule has 1 N–H and O–H groups in total. The SMILES string of the molecule is COc1ccccc1[C@H](CNC(=O)c1cn(-c2ccccc2)nc1-c1cccs1)N(C)C. The van der Waals surface area contributed by atoms with Crippen molar-refractivity contribution in [3.8, 4) is 22.0 Å². The summed E-state index contributed by atoms with van der Waals surface area (Å²) < 4.78 is 7.29. The number of para-hydroxylation sites is 2. The lowest BCUT2D eigenvalue weighted by Gasteiger charge is -2.26. The molecular formula is C25H26N4O2S. The first-order valence-electron chi connectivity index (χ1n) is 10.3. The zero-order chi connectivity index (χ0) is 22.5. The summed E-state index contributed by atoms with van der Waals surface area (Å²) >= 11 is 1.57. The van der Waals surface area contributed by atoms with E-state index in [9.17, 15) is 4.79 Å². The highest BCUT2D eigenvalue weighted by atomic mass is 32.1. The second kappa shape index (κ2) is 9.80. The molecule has 164 valence electrons. The standard InChI is InChI=1S/C25H26N4O2S/c1-28(2)21(19-12-7-8-13-22(19)31-3)16-26-25(30)20-17-29(18-10-5-4-6-11-18)27-24(20)23-14-9-15-32-23/h4-15,17,21H,16H2,1-3H3,(H,26,30)/t21-/m0/s1. The number of amides is 1. The zero-order valence-corrected chi connectivity index (χ0v) is 19.2. The van der Waals surface area contributed by atoms with Crippen molar-refractivity contribution in [3.63, 3.8) is 0 Å². The molecule has 1 atom stereocenters. The van der Waals surface area contributed by atoms with Crippen molar-refractivity contribution in [2.75, 3.05) is 27.7 Å². The lowest BCUT2D eigenvalue weighted by atomic mass is 10.0. The average Bonchev–Trinajstić information content (AvgIpc) is 3.50. The van der Waals surface area contributed by atoms with Crippen LogP contribution in [0.4, 0.5) is 0 Å². The molecule has 0 saturated carbocycles. The van der Waals surface area contributed by atoms with Gasteiger partial charge in [-0.2, -0.15) is 5.10 Å². The second-order valence-electron chi connectivity index (χ2n) is 7.58. The number of nitrogens with one attached hydrogen (secondary N) is 1. The fourth-order valence-corrected chi connectivity index (χ4v) is 4.37. The van der Waals surface area contributed by atoms with Crippen LogP contribution in [0.3, 0.4) is 0 Å². The van der Waals surface area contributed by atoms with Crippen molar-refractivity contribution < 1.29 is 9.53 Å². The minimum atomic E-state index is -0.155. The number of ether oxygens (including phenoxy) is 1. The summed E-state index contributed by atoms with van der Waals surface area (Å²) in [6, 6.07) is 21.6. The highest BCUT2D eigenvalue weighted by Gasteiger charge is 2.23. The molecule has 2 heterocycles. The first-order chi connectivity index (χ1) is 15.6. The molecule has 0 aliphatic rings. The summed E-state index contributed by atoms with van der Waals surface area (Å²) in [4.78, 5) is 16.3. The lowest BCUT2D eigenvalue weighted by Crippen LogP contribution is -2.34. The number of likely N-dealkylation sites (N-methyl/N-ethyl adjacent to an activating group) is 1. The number of rotatable bonds is 8. The summed E-state index contributed by atoms with van der Waals surface area (Å²) in [5.41, 5.74) is 3.16. The summed E-state index contributed by atoms with van der Waals surface area (Å²) in [6.07, 6.45) is 1.80. The van der Waals surface area contributed by atoms with Gasteiger partial charge in [0.15, 0.2) is 0 Å². The molecule has 1 amide bonds. The fraction of sp³-hybridized carbons (Fsp3) is 0.200. The minimum Gasteiger partial charge on any atom is -0.496 e. The van der Waals surface area contributed by atoms with Crippen molar-refractivity contribution >= 4 is 17.2 Å². The van der Waals surface area contributed by atoms with Crippen molar-refractivity contribution in [2.45, 2.75) is 6.04 Å². The van der Waals surface area contributed by atoms with Gasteiger partial charge in [0.2, 0.25) is 0 Å². The maximum atomic E-state index is 13.3. The Morgan fingerprint density at radius 1 is 1.09 bits per heavy atom. The molecule has 6 nitrogen and oxygen atoms in total. The molecule has 4 rings (SSSR count). The molecule has 0 saturated heterocycles. The molecule has 0 unspecified atom stereocenters. The first kappa shape index (κ1) is 21.8. The lowest BCUT2D eigenvalue weighted by molar-refractivity contribution is 0.0942. The molecule has 0 fully saturated rings. The van der Waals surface area contributed by atoms with Crippen molar-refractivity contribution in [2.24, 2.45) is 0 Å². The predicted molar refractivity (Wildman–Crippen MR) is 129 cm³/mol. The quantitative estimate of drug-likeness (QED) is 0.428. The van der Waals surface area contributed by atoms with Crippen LogP contribution in [-0.2, 0) is 0 Å². The number of carbonyl (C=O) groups is 1. The van der Waals surface area contributed by atoms with Crippen LogP contribution in [0.15, 0.2) is 78.3 Å². The Balaban J connectivity index is 1.62. The molecule has 2 aromatic heterocycles. The summed E-state index contributed by atoms with van der Waals surface area (Å²) in [6.45, 7) is 0.437.